The molecule has 0 heterocycles. The van der Waals surface area contributed by atoms with Crippen LogP contribution in [0.1, 0.15) is 42.1 Å². The van der Waals surface area contributed by atoms with Crippen molar-refractivity contribution < 1.29 is 23.8 Å². The smallest absolute Gasteiger partial charge is 0.241 e. The number of anilines is 1. The van der Waals surface area contributed by atoms with Crippen LogP contribution in [0.15, 0.2) is 42.0 Å². The highest BCUT2D eigenvalue weighted by Crippen LogP contribution is 2.29. The van der Waals surface area contributed by atoms with Crippen molar-refractivity contribution in [1.29, 1.82) is 0 Å². The molecule has 0 saturated heterocycles. The van der Waals surface area contributed by atoms with Crippen LogP contribution >= 0.6 is 0 Å². The highest BCUT2D eigenvalue weighted by molar-refractivity contribution is 6.12. The lowest BCUT2D eigenvalue weighted by Gasteiger charge is -2.15. The Bertz CT molecular complexity index is 1000. The number of amides is 1. The molecule has 0 saturated carbocycles. The van der Waals surface area contributed by atoms with Gasteiger partial charge in [-0.1, -0.05) is 12.5 Å². The Morgan fingerprint density at radius 1 is 1.00 bits per heavy atom. The summed E-state index contributed by atoms with van der Waals surface area (Å²) in [5.74, 6) is 1.01. The second-order valence-electron chi connectivity index (χ2n) is 7.56. The first-order valence-electron chi connectivity index (χ1n) is 10.7. The van der Waals surface area contributed by atoms with E-state index in [1.165, 1.54) is 21.3 Å². The van der Waals surface area contributed by atoms with Gasteiger partial charge in [0.1, 0.15) is 17.2 Å². The van der Waals surface area contributed by atoms with Gasteiger partial charge in [-0.25, -0.2) is 0 Å². The van der Waals surface area contributed by atoms with Crippen molar-refractivity contribution >= 4 is 23.5 Å². The molecule has 2 rings (SSSR count). The number of methoxy groups -OCH3 is 3. The number of nitrogens with two attached hydrogens (primary N) is 2. The molecule has 33 heavy (non-hydrogen) atoms. The van der Waals surface area contributed by atoms with E-state index >= 15 is 0 Å². The number of ether oxygens (including phenoxy) is 3. The summed E-state index contributed by atoms with van der Waals surface area (Å²) in [5, 5.41) is 2.83. The Balaban J connectivity index is 2.27. The quantitative estimate of drug-likeness (QED) is 0.254. The Hall–Kier alpha value is -3.36. The van der Waals surface area contributed by atoms with Crippen LogP contribution in [0, 0.1) is 0 Å². The van der Waals surface area contributed by atoms with E-state index in [0.717, 1.165) is 18.4 Å². The number of carbonyl (C=O) groups excluding carboxylic acids is 2. The van der Waals surface area contributed by atoms with Crippen LogP contribution in [0.3, 0.4) is 0 Å². The standard InChI is InChI=1S/C25H33N3O5/c1-16(24(29)19-15-18(31-2)9-11-22(19)32-3)13-17-8-10-23(33-4)21(14-17)28-25(30)20(27)7-5-6-12-26/h8-11,13-15,20H,5-7,12,26-27H2,1-4H3,(H,28,30). The highest BCUT2D eigenvalue weighted by Gasteiger charge is 2.17. The number of Topliss-reactive ketones (excluding diaryl/α,β-unsaturated/α-hetero) is 1. The molecule has 178 valence electrons. The molecule has 2 aromatic carbocycles. The van der Waals surface area contributed by atoms with E-state index in [1.54, 1.807) is 49.4 Å². The molecule has 0 spiro atoms. The van der Waals surface area contributed by atoms with E-state index < -0.39 is 6.04 Å². The molecule has 8 heteroatoms. The predicted molar refractivity (Wildman–Crippen MR) is 130 cm³/mol. The molecule has 1 atom stereocenters. The summed E-state index contributed by atoms with van der Waals surface area (Å²) in [6.07, 6.45) is 3.87. The van der Waals surface area contributed by atoms with Crippen LogP contribution in [0.5, 0.6) is 17.2 Å². The summed E-state index contributed by atoms with van der Waals surface area (Å²) in [5.41, 5.74) is 13.6. The van der Waals surface area contributed by atoms with E-state index in [-0.39, 0.29) is 11.7 Å². The number of hydrogen-bond acceptors (Lipinski definition) is 7. The minimum Gasteiger partial charge on any atom is -0.497 e. The monoisotopic (exact) mass is 455 g/mol. The summed E-state index contributed by atoms with van der Waals surface area (Å²) >= 11 is 0. The van der Waals surface area contributed by atoms with Gasteiger partial charge in [-0.15, -0.1) is 0 Å². The van der Waals surface area contributed by atoms with Crippen molar-refractivity contribution in [1.82, 2.24) is 0 Å². The maximum absolute atomic E-state index is 13.1. The molecule has 1 unspecified atom stereocenters. The van der Waals surface area contributed by atoms with E-state index in [2.05, 4.69) is 5.32 Å². The molecule has 1 amide bonds. The third-order valence-electron chi connectivity index (χ3n) is 5.18. The molecule has 2 aromatic rings. The maximum atomic E-state index is 13.1. The number of hydrogen-bond donors (Lipinski definition) is 3. The summed E-state index contributed by atoms with van der Waals surface area (Å²) in [7, 11) is 4.57. The van der Waals surface area contributed by atoms with Crippen LogP contribution < -0.4 is 31.0 Å². The largest absolute Gasteiger partial charge is 0.497 e. The van der Waals surface area contributed by atoms with Gasteiger partial charge in [0.2, 0.25) is 5.91 Å². The van der Waals surface area contributed by atoms with Crippen molar-refractivity contribution in [3.8, 4) is 17.2 Å². The topological polar surface area (TPSA) is 126 Å². The number of carbonyl (C=O) groups is 2. The molecule has 0 fully saturated rings. The molecule has 0 aliphatic rings. The second-order valence-corrected chi connectivity index (χ2v) is 7.56. The van der Waals surface area contributed by atoms with Gasteiger partial charge in [0.25, 0.3) is 0 Å². The van der Waals surface area contributed by atoms with Crippen LogP contribution in [-0.2, 0) is 4.79 Å². The maximum Gasteiger partial charge on any atom is 0.241 e. The molecular weight excluding hydrogens is 422 g/mol. The van der Waals surface area contributed by atoms with Crippen molar-refractivity contribution in [2.75, 3.05) is 33.2 Å². The van der Waals surface area contributed by atoms with Gasteiger partial charge in [0.15, 0.2) is 5.78 Å². The number of ketones is 1. The number of nitrogens with one attached hydrogen (secondary N) is 1. The van der Waals surface area contributed by atoms with Crippen molar-refractivity contribution in [2.24, 2.45) is 11.5 Å². The average molecular weight is 456 g/mol. The summed E-state index contributed by atoms with van der Waals surface area (Å²) in [6.45, 7) is 2.29. The Labute approximate surface area is 194 Å². The molecule has 5 N–H and O–H groups in total. The molecule has 0 radical (unpaired) electrons. The minimum absolute atomic E-state index is 0.200. The first-order valence-corrected chi connectivity index (χ1v) is 10.7. The Kier molecular flexibility index (Phi) is 9.90. The van der Waals surface area contributed by atoms with Gasteiger partial charge < -0.3 is 31.0 Å². The lowest BCUT2D eigenvalue weighted by molar-refractivity contribution is -0.117. The van der Waals surface area contributed by atoms with Crippen molar-refractivity contribution in [2.45, 2.75) is 32.2 Å². The number of benzene rings is 2. The lowest BCUT2D eigenvalue weighted by atomic mass is 10.0. The van der Waals surface area contributed by atoms with Gasteiger partial charge in [0, 0.05) is 0 Å². The van der Waals surface area contributed by atoms with Crippen LogP contribution in [0.25, 0.3) is 6.08 Å². The number of allylic oxidation sites excluding steroid dienone is 1. The fraction of sp³-hybridized carbons (Fsp3) is 0.360. The molecule has 8 nitrogen and oxygen atoms in total. The fourth-order valence-electron chi connectivity index (χ4n) is 3.30. The highest BCUT2D eigenvalue weighted by atomic mass is 16.5. The predicted octanol–water partition coefficient (Wildman–Crippen LogP) is 3.39. The number of rotatable bonds is 12. The zero-order valence-electron chi connectivity index (χ0n) is 19.6. The molecule has 0 aromatic heterocycles. The van der Waals surface area contributed by atoms with E-state index in [4.69, 9.17) is 25.7 Å². The Morgan fingerprint density at radius 2 is 1.70 bits per heavy atom. The van der Waals surface area contributed by atoms with Gasteiger partial charge in [0.05, 0.1) is 38.6 Å². The van der Waals surface area contributed by atoms with Gasteiger partial charge in [-0.05, 0) is 73.9 Å². The molecular formula is C25H33N3O5. The SMILES string of the molecule is COc1ccc(OC)c(C(=O)C(C)=Cc2ccc(OC)c(NC(=O)C(N)CCCCN)c2)c1. The molecule has 0 aliphatic carbocycles. The third kappa shape index (κ3) is 7.06. The average Bonchev–Trinajstić information content (AvgIpc) is 2.83. The zero-order valence-corrected chi connectivity index (χ0v) is 19.6. The van der Waals surface area contributed by atoms with E-state index in [9.17, 15) is 9.59 Å². The summed E-state index contributed by atoms with van der Waals surface area (Å²) < 4.78 is 15.9. The third-order valence-corrected chi connectivity index (χ3v) is 5.18. The first-order chi connectivity index (χ1) is 15.8. The summed E-state index contributed by atoms with van der Waals surface area (Å²) in [6, 6.07) is 9.68. The number of unbranched alkanes of at least 4 members (excludes halogenated alkanes) is 1. The van der Waals surface area contributed by atoms with Gasteiger partial charge >= 0.3 is 0 Å². The van der Waals surface area contributed by atoms with Crippen LogP contribution in [0.4, 0.5) is 5.69 Å². The summed E-state index contributed by atoms with van der Waals surface area (Å²) in [4.78, 5) is 25.6. The second kappa shape index (κ2) is 12.6. The van der Waals surface area contributed by atoms with Crippen LogP contribution in [-0.4, -0.2) is 45.6 Å². The lowest BCUT2D eigenvalue weighted by Crippen LogP contribution is -2.35. The fourth-order valence-corrected chi connectivity index (χ4v) is 3.30. The van der Waals surface area contributed by atoms with Crippen molar-refractivity contribution in [3.05, 3.63) is 53.1 Å². The van der Waals surface area contributed by atoms with Crippen molar-refractivity contribution in [3.63, 3.8) is 0 Å². The van der Waals surface area contributed by atoms with E-state index in [1.807, 2.05) is 0 Å². The molecule has 0 bridgehead atoms. The van der Waals surface area contributed by atoms with E-state index in [0.29, 0.717) is 47.0 Å². The van der Waals surface area contributed by atoms with Gasteiger partial charge in [-0.2, -0.15) is 0 Å². The van der Waals surface area contributed by atoms with Crippen LogP contribution in [0.2, 0.25) is 0 Å². The molecule has 0 aliphatic heterocycles. The zero-order chi connectivity index (χ0) is 24.4. The normalized spacial score (nSPS) is 12.1. The van der Waals surface area contributed by atoms with Gasteiger partial charge in [-0.3, -0.25) is 9.59 Å². The first kappa shape index (κ1) is 25.9. The minimum atomic E-state index is -0.649. The Morgan fingerprint density at radius 3 is 2.33 bits per heavy atom.